The van der Waals surface area contributed by atoms with Gasteiger partial charge in [-0.3, -0.25) is 4.68 Å². The highest BCUT2D eigenvalue weighted by Gasteiger charge is 2.16. The highest BCUT2D eigenvalue weighted by atomic mass is 15.3. The zero-order valence-corrected chi connectivity index (χ0v) is 9.03. The van der Waals surface area contributed by atoms with Gasteiger partial charge in [-0.1, -0.05) is 6.42 Å². The summed E-state index contributed by atoms with van der Waals surface area (Å²) in [7, 11) is 0. The fourth-order valence-electron chi connectivity index (χ4n) is 1.95. The number of nitrogens with zero attached hydrogens (tertiary/aromatic N) is 2. The third-order valence-corrected chi connectivity index (χ3v) is 2.86. The smallest absolute Gasteiger partial charge is 0.0537 e. The lowest BCUT2D eigenvalue weighted by Crippen LogP contribution is -2.26. The summed E-state index contributed by atoms with van der Waals surface area (Å²) in [5, 5.41) is 7.90. The minimum absolute atomic E-state index is 0.465. The first-order valence-corrected chi connectivity index (χ1v) is 5.55. The summed E-state index contributed by atoms with van der Waals surface area (Å²) in [5.41, 5.74) is 1.35. The van der Waals surface area contributed by atoms with Gasteiger partial charge in [0.25, 0.3) is 0 Å². The maximum atomic E-state index is 4.37. The average Bonchev–Trinajstić information content (AvgIpc) is 2.68. The van der Waals surface area contributed by atoms with E-state index in [4.69, 9.17) is 0 Å². The van der Waals surface area contributed by atoms with Crippen LogP contribution in [-0.4, -0.2) is 16.3 Å². The molecule has 1 aliphatic rings. The van der Waals surface area contributed by atoms with E-state index < -0.39 is 0 Å². The molecule has 1 unspecified atom stereocenters. The number of hydrogen-bond donors (Lipinski definition) is 1. The van der Waals surface area contributed by atoms with Gasteiger partial charge in [-0.25, -0.2) is 0 Å². The molecule has 0 spiro atoms. The fraction of sp³-hybridized carbons (Fsp3) is 0.727. The second kappa shape index (κ2) is 4.13. The Labute approximate surface area is 85.5 Å². The number of rotatable bonds is 2. The molecule has 14 heavy (non-hydrogen) atoms. The van der Waals surface area contributed by atoms with Gasteiger partial charge in [-0.2, -0.15) is 5.10 Å². The van der Waals surface area contributed by atoms with Crippen LogP contribution in [0.3, 0.4) is 0 Å². The Morgan fingerprint density at radius 2 is 2.36 bits per heavy atom. The Morgan fingerprint density at radius 3 is 2.93 bits per heavy atom. The third-order valence-electron chi connectivity index (χ3n) is 2.86. The molecule has 1 aliphatic heterocycles. The number of hydrogen-bond acceptors (Lipinski definition) is 2. The standard InChI is InChI=1S/C11H19N3/c1-9(2)14-8-10(7-13-14)11-5-3-4-6-12-11/h7-9,11-12H,3-6H2,1-2H3. The van der Waals surface area contributed by atoms with Crippen LogP contribution in [0.15, 0.2) is 12.4 Å². The molecule has 1 N–H and O–H groups in total. The van der Waals surface area contributed by atoms with Gasteiger partial charge < -0.3 is 5.32 Å². The summed E-state index contributed by atoms with van der Waals surface area (Å²) in [6.07, 6.45) is 8.08. The Kier molecular flexibility index (Phi) is 2.87. The quantitative estimate of drug-likeness (QED) is 0.781. The fourth-order valence-corrected chi connectivity index (χ4v) is 1.95. The second-order valence-electron chi connectivity index (χ2n) is 4.35. The van der Waals surface area contributed by atoms with Gasteiger partial charge in [0.15, 0.2) is 0 Å². The van der Waals surface area contributed by atoms with Gasteiger partial charge in [-0.15, -0.1) is 0 Å². The van der Waals surface area contributed by atoms with Gasteiger partial charge in [0, 0.05) is 23.8 Å². The molecule has 2 rings (SSSR count). The van der Waals surface area contributed by atoms with Crippen LogP contribution in [0.25, 0.3) is 0 Å². The Morgan fingerprint density at radius 1 is 1.50 bits per heavy atom. The van der Waals surface area contributed by atoms with Crippen LogP contribution in [0.5, 0.6) is 0 Å². The lowest BCUT2D eigenvalue weighted by Gasteiger charge is -2.22. The van der Waals surface area contributed by atoms with Crippen molar-refractivity contribution in [2.75, 3.05) is 6.54 Å². The summed E-state index contributed by atoms with van der Waals surface area (Å²) in [4.78, 5) is 0. The number of aromatic nitrogens is 2. The maximum absolute atomic E-state index is 4.37. The van der Waals surface area contributed by atoms with Gasteiger partial charge in [0.1, 0.15) is 0 Å². The monoisotopic (exact) mass is 193 g/mol. The first-order chi connectivity index (χ1) is 6.77. The Bertz CT molecular complexity index is 284. The van der Waals surface area contributed by atoms with E-state index in [-0.39, 0.29) is 0 Å². The van der Waals surface area contributed by atoms with Crippen LogP contribution in [0.4, 0.5) is 0 Å². The van der Waals surface area contributed by atoms with Crippen molar-refractivity contribution in [3.05, 3.63) is 18.0 Å². The van der Waals surface area contributed by atoms with Crippen molar-refractivity contribution in [2.24, 2.45) is 0 Å². The molecule has 0 bridgehead atoms. The van der Waals surface area contributed by atoms with E-state index in [9.17, 15) is 0 Å². The Balaban J connectivity index is 2.07. The Hall–Kier alpha value is -0.830. The zero-order valence-electron chi connectivity index (χ0n) is 9.03. The lowest BCUT2D eigenvalue weighted by molar-refractivity contribution is 0.411. The van der Waals surface area contributed by atoms with Gasteiger partial charge in [0.05, 0.1) is 6.20 Å². The van der Waals surface area contributed by atoms with Crippen molar-refractivity contribution in [1.29, 1.82) is 0 Å². The van der Waals surface area contributed by atoms with Gasteiger partial charge in [0.2, 0.25) is 0 Å². The van der Waals surface area contributed by atoms with Crippen molar-refractivity contribution in [3.8, 4) is 0 Å². The van der Waals surface area contributed by atoms with Crippen molar-refractivity contribution < 1.29 is 0 Å². The molecule has 3 nitrogen and oxygen atoms in total. The maximum Gasteiger partial charge on any atom is 0.0537 e. The summed E-state index contributed by atoms with van der Waals surface area (Å²) in [6.45, 7) is 5.47. The topological polar surface area (TPSA) is 29.9 Å². The molecule has 1 saturated heterocycles. The zero-order chi connectivity index (χ0) is 9.97. The van der Waals surface area contributed by atoms with Crippen LogP contribution in [0.1, 0.15) is 50.8 Å². The summed E-state index contributed by atoms with van der Waals surface area (Å²) < 4.78 is 2.03. The SMILES string of the molecule is CC(C)n1cc(C2CCCCN2)cn1. The second-order valence-corrected chi connectivity index (χ2v) is 4.35. The van der Waals surface area contributed by atoms with Gasteiger partial charge >= 0.3 is 0 Å². The molecule has 0 aromatic carbocycles. The minimum atomic E-state index is 0.465. The first kappa shape index (κ1) is 9.71. The average molecular weight is 193 g/mol. The lowest BCUT2D eigenvalue weighted by atomic mass is 10.0. The molecule has 0 aliphatic carbocycles. The van der Waals surface area contributed by atoms with E-state index in [0.29, 0.717) is 12.1 Å². The minimum Gasteiger partial charge on any atom is -0.310 e. The molecule has 0 saturated carbocycles. The highest BCUT2D eigenvalue weighted by Crippen LogP contribution is 2.22. The molecule has 3 heteroatoms. The van der Waals surface area contributed by atoms with E-state index in [0.717, 1.165) is 6.54 Å². The number of piperidine rings is 1. The molecular weight excluding hydrogens is 174 g/mol. The molecule has 2 heterocycles. The van der Waals surface area contributed by atoms with Crippen LogP contribution in [-0.2, 0) is 0 Å². The van der Waals surface area contributed by atoms with E-state index in [1.165, 1.54) is 24.8 Å². The molecule has 1 atom stereocenters. The molecule has 78 valence electrons. The third kappa shape index (κ3) is 1.98. The van der Waals surface area contributed by atoms with Crippen molar-refractivity contribution in [1.82, 2.24) is 15.1 Å². The number of nitrogens with one attached hydrogen (secondary N) is 1. The predicted octanol–water partition coefficient (Wildman–Crippen LogP) is 2.28. The summed E-state index contributed by atoms with van der Waals surface area (Å²) in [6, 6.07) is 1.00. The van der Waals surface area contributed by atoms with E-state index >= 15 is 0 Å². The normalized spacial score (nSPS) is 22.9. The summed E-state index contributed by atoms with van der Waals surface area (Å²) in [5.74, 6) is 0. The van der Waals surface area contributed by atoms with Crippen LogP contribution in [0.2, 0.25) is 0 Å². The first-order valence-electron chi connectivity index (χ1n) is 5.55. The van der Waals surface area contributed by atoms with Crippen molar-refractivity contribution in [3.63, 3.8) is 0 Å². The van der Waals surface area contributed by atoms with Crippen molar-refractivity contribution in [2.45, 2.75) is 45.2 Å². The van der Waals surface area contributed by atoms with Gasteiger partial charge in [-0.05, 0) is 33.2 Å². The predicted molar refractivity (Wildman–Crippen MR) is 57.2 cm³/mol. The molecule has 1 aromatic rings. The van der Waals surface area contributed by atoms with Crippen LogP contribution < -0.4 is 5.32 Å². The summed E-state index contributed by atoms with van der Waals surface area (Å²) >= 11 is 0. The van der Waals surface area contributed by atoms with E-state index in [1.54, 1.807) is 0 Å². The van der Waals surface area contributed by atoms with Crippen molar-refractivity contribution >= 4 is 0 Å². The molecule has 1 fully saturated rings. The highest BCUT2D eigenvalue weighted by molar-refractivity contribution is 5.11. The molecule has 0 radical (unpaired) electrons. The van der Waals surface area contributed by atoms with E-state index in [1.807, 2.05) is 10.9 Å². The molecular formula is C11H19N3. The molecule has 0 amide bonds. The largest absolute Gasteiger partial charge is 0.310 e. The molecule has 1 aromatic heterocycles. The van der Waals surface area contributed by atoms with E-state index in [2.05, 4.69) is 30.5 Å². The van der Waals surface area contributed by atoms with Crippen LogP contribution >= 0.6 is 0 Å². The van der Waals surface area contributed by atoms with Crippen LogP contribution in [0, 0.1) is 0 Å².